The maximum Gasteiger partial charge on any atom is 0.191 e. The summed E-state index contributed by atoms with van der Waals surface area (Å²) in [6.07, 6.45) is 2.72. The van der Waals surface area contributed by atoms with E-state index >= 15 is 0 Å². The molecule has 0 unspecified atom stereocenters. The van der Waals surface area contributed by atoms with E-state index in [1.807, 2.05) is 7.05 Å². The highest BCUT2D eigenvalue weighted by Gasteiger charge is 2.29. The quantitative estimate of drug-likeness (QED) is 0.600. The fourth-order valence-corrected chi connectivity index (χ4v) is 2.80. The predicted octanol–water partition coefficient (Wildman–Crippen LogP) is 2.53. The summed E-state index contributed by atoms with van der Waals surface area (Å²) in [4.78, 5) is 6.89. The lowest BCUT2D eigenvalue weighted by atomic mass is 10.1. The lowest BCUT2D eigenvalue weighted by Gasteiger charge is -2.26. The third-order valence-corrected chi connectivity index (χ3v) is 4.11. The maximum atomic E-state index is 4.30. The molecule has 1 aromatic rings. The summed E-state index contributed by atoms with van der Waals surface area (Å²) < 4.78 is 0. The number of hydrogen-bond donors (Lipinski definition) is 2. The lowest BCUT2D eigenvalue weighted by molar-refractivity contribution is 0.215. The van der Waals surface area contributed by atoms with Crippen molar-refractivity contribution in [3.05, 3.63) is 35.4 Å². The van der Waals surface area contributed by atoms with Crippen molar-refractivity contribution in [2.45, 2.75) is 52.2 Å². The van der Waals surface area contributed by atoms with Gasteiger partial charge in [0, 0.05) is 38.8 Å². The van der Waals surface area contributed by atoms with Crippen molar-refractivity contribution >= 4 is 5.96 Å². The molecule has 0 radical (unpaired) electrons. The normalized spacial score (nSPS) is 15.5. The zero-order chi connectivity index (χ0) is 15.9. The highest BCUT2D eigenvalue weighted by atomic mass is 15.2. The van der Waals surface area contributed by atoms with E-state index in [-0.39, 0.29) is 0 Å². The second-order valence-electron chi connectivity index (χ2n) is 6.40. The molecule has 2 rings (SSSR count). The average Bonchev–Trinajstić information content (AvgIpc) is 3.31. The van der Waals surface area contributed by atoms with Gasteiger partial charge in [-0.25, -0.2) is 0 Å². The molecule has 0 aromatic heterocycles. The van der Waals surface area contributed by atoms with Crippen molar-refractivity contribution in [1.29, 1.82) is 0 Å². The first-order valence-corrected chi connectivity index (χ1v) is 8.36. The van der Waals surface area contributed by atoms with E-state index in [4.69, 9.17) is 0 Å². The molecule has 0 heterocycles. The number of nitrogens with one attached hydrogen (secondary N) is 2. The highest BCUT2D eigenvalue weighted by Crippen LogP contribution is 2.27. The first kappa shape index (κ1) is 16.8. The molecule has 1 aliphatic rings. The average molecular weight is 302 g/mol. The van der Waals surface area contributed by atoms with Gasteiger partial charge in [-0.2, -0.15) is 0 Å². The van der Waals surface area contributed by atoms with Crippen molar-refractivity contribution in [2.24, 2.45) is 4.99 Å². The molecule has 0 amide bonds. The minimum Gasteiger partial charge on any atom is -0.355 e. The highest BCUT2D eigenvalue weighted by molar-refractivity contribution is 5.79. The lowest BCUT2D eigenvalue weighted by Crippen LogP contribution is -2.43. The standard InChI is InChI=1S/C18H30N4/c1-14(2)22(17-8-9-17)11-10-20-18(19-4)21-13-16-7-5-6-15(3)12-16/h5-7,12,14,17H,8-11,13H2,1-4H3,(H2,19,20,21). The van der Waals surface area contributed by atoms with E-state index < -0.39 is 0 Å². The fraction of sp³-hybridized carbons (Fsp3) is 0.611. The summed E-state index contributed by atoms with van der Waals surface area (Å²) in [5.41, 5.74) is 2.57. The summed E-state index contributed by atoms with van der Waals surface area (Å²) in [7, 11) is 1.83. The number of guanidine groups is 1. The molecule has 0 saturated heterocycles. The zero-order valence-electron chi connectivity index (χ0n) is 14.4. The van der Waals surface area contributed by atoms with Crippen molar-refractivity contribution in [3.63, 3.8) is 0 Å². The van der Waals surface area contributed by atoms with Crippen molar-refractivity contribution < 1.29 is 0 Å². The van der Waals surface area contributed by atoms with Gasteiger partial charge in [0.05, 0.1) is 0 Å². The Bertz CT molecular complexity index is 490. The smallest absolute Gasteiger partial charge is 0.191 e. The number of aryl methyl sites for hydroxylation is 1. The number of aliphatic imine (C=N–C) groups is 1. The Morgan fingerprint density at radius 1 is 1.32 bits per heavy atom. The van der Waals surface area contributed by atoms with Gasteiger partial charge in [0.1, 0.15) is 0 Å². The summed E-state index contributed by atoms with van der Waals surface area (Å²) in [5, 5.41) is 6.80. The van der Waals surface area contributed by atoms with Gasteiger partial charge in [-0.3, -0.25) is 9.89 Å². The van der Waals surface area contributed by atoms with Gasteiger partial charge >= 0.3 is 0 Å². The Labute approximate surface area is 135 Å². The van der Waals surface area contributed by atoms with Crippen molar-refractivity contribution in [2.75, 3.05) is 20.1 Å². The molecule has 1 fully saturated rings. The Hall–Kier alpha value is -1.55. The Morgan fingerprint density at radius 2 is 2.09 bits per heavy atom. The van der Waals surface area contributed by atoms with Crippen LogP contribution in [0.3, 0.4) is 0 Å². The van der Waals surface area contributed by atoms with Crippen LogP contribution in [0.5, 0.6) is 0 Å². The van der Waals surface area contributed by atoms with E-state index in [0.717, 1.165) is 31.6 Å². The molecule has 2 N–H and O–H groups in total. The van der Waals surface area contributed by atoms with E-state index in [9.17, 15) is 0 Å². The third-order valence-electron chi connectivity index (χ3n) is 4.11. The summed E-state index contributed by atoms with van der Waals surface area (Å²) in [5.74, 6) is 0.876. The molecule has 0 atom stereocenters. The Balaban J connectivity index is 1.73. The van der Waals surface area contributed by atoms with E-state index in [1.165, 1.54) is 24.0 Å². The van der Waals surface area contributed by atoms with Crippen LogP contribution in [0.1, 0.15) is 37.8 Å². The first-order valence-electron chi connectivity index (χ1n) is 8.36. The second-order valence-corrected chi connectivity index (χ2v) is 6.40. The molecule has 4 nitrogen and oxygen atoms in total. The van der Waals surface area contributed by atoms with Gasteiger partial charge in [-0.1, -0.05) is 29.8 Å². The molecular formula is C18H30N4. The zero-order valence-corrected chi connectivity index (χ0v) is 14.4. The molecule has 0 aliphatic heterocycles. The molecule has 122 valence electrons. The van der Waals surface area contributed by atoms with Crippen LogP contribution in [-0.2, 0) is 6.54 Å². The van der Waals surface area contributed by atoms with Crippen LogP contribution in [0.25, 0.3) is 0 Å². The van der Waals surface area contributed by atoms with Crippen LogP contribution in [0.15, 0.2) is 29.3 Å². The number of benzene rings is 1. The first-order chi connectivity index (χ1) is 10.6. The minimum atomic E-state index is 0.622. The molecule has 4 heteroatoms. The van der Waals surface area contributed by atoms with Crippen LogP contribution in [0.2, 0.25) is 0 Å². The molecule has 1 aromatic carbocycles. The molecule has 0 spiro atoms. The molecular weight excluding hydrogens is 272 g/mol. The van der Waals surface area contributed by atoms with Gasteiger partial charge in [0.2, 0.25) is 0 Å². The molecule has 1 saturated carbocycles. The van der Waals surface area contributed by atoms with Gasteiger partial charge in [-0.05, 0) is 39.2 Å². The number of nitrogens with zero attached hydrogens (tertiary/aromatic N) is 2. The topological polar surface area (TPSA) is 39.7 Å². The van der Waals surface area contributed by atoms with Crippen LogP contribution in [0, 0.1) is 6.92 Å². The van der Waals surface area contributed by atoms with Crippen molar-refractivity contribution in [1.82, 2.24) is 15.5 Å². The second kappa shape index (κ2) is 8.18. The third kappa shape index (κ3) is 5.34. The van der Waals surface area contributed by atoms with E-state index in [1.54, 1.807) is 0 Å². The molecule has 0 bridgehead atoms. The van der Waals surface area contributed by atoms with Crippen LogP contribution in [0.4, 0.5) is 0 Å². The monoisotopic (exact) mass is 302 g/mol. The van der Waals surface area contributed by atoms with Crippen LogP contribution < -0.4 is 10.6 Å². The predicted molar refractivity (Wildman–Crippen MR) is 94.2 cm³/mol. The largest absolute Gasteiger partial charge is 0.355 e. The van der Waals surface area contributed by atoms with Gasteiger partial charge in [0.15, 0.2) is 5.96 Å². The van der Waals surface area contributed by atoms with Crippen molar-refractivity contribution in [3.8, 4) is 0 Å². The SMILES string of the molecule is CN=C(NCCN(C(C)C)C1CC1)NCc1cccc(C)c1. The summed E-state index contributed by atoms with van der Waals surface area (Å²) in [6, 6.07) is 9.99. The minimum absolute atomic E-state index is 0.622. The van der Waals surface area contributed by atoms with Gasteiger partial charge < -0.3 is 10.6 Å². The molecule has 22 heavy (non-hydrogen) atoms. The number of hydrogen-bond acceptors (Lipinski definition) is 2. The maximum absolute atomic E-state index is 4.30. The van der Waals surface area contributed by atoms with Crippen LogP contribution in [-0.4, -0.2) is 43.1 Å². The van der Waals surface area contributed by atoms with Gasteiger partial charge in [-0.15, -0.1) is 0 Å². The van der Waals surface area contributed by atoms with E-state index in [2.05, 4.69) is 65.6 Å². The fourth-order valence-electron chi connectivity index (χ4n) is 2.80. The molecule has 1 aliphatic carbocycles. The summed E-state index contributed by atoms with van der Waals surface area (Å²) in [6.45, 7) is 9.49. The van der Waals surface area contributed by atoms with E-state index in [0.29, 0.717) is 6.04 Å². The Kier molecular flexibility index (Phi) is 6.25. The van der Waals surface area contributed by atoms with Crippen LogP contribution >= 0.6 is 0 Å². The summed E-state index contributed by atoms with van der Waals surface area (Å²) >= 11 is 0. The van der Waals surface area contributed by atoms with Gasteiger partial charge in [0.25, 0.3) is 0 Å². The Morgan fingerprint density at radius 3 is 2.68 bits per heavy atom. The number of rotatable bonds is 7.